The van der Waals surface area contributed by atoms with E-state index in [4.69, 9.17) is 31.9 Å². The van der Waals surface area contributed by atoms with Crippen molar-refractivity contribution in [3.8, 4) is 0 Å². The lowest BCUT2D eigenvalue weighted by Crippen LogP contribution is -2.53. The van der Waals surface area contributed by atoms with Crippen LogP contribution in [0.2, 0.25) is 5.28 Å². The van der Waals surface area contributed by atoms with E-state index in [-0.39, 0.29) is 33.4 Å². The molecule has 7 N–H and O–H groups in total. The van der Waals surface area contributed by atoms with Crippen molar-refractivity contribution < 1.29 is 49.4 Å². The molecular formula is C22H22ClN5O10. The fourth-order valence-corrected chi connectivity index (χ4v) is 4.33. The van der Waals surface area contributed by atoms with Gasteiger partial charge in [-0.15, -0.1) is 0 Å². The Hall–Kier alpha value is -3.89. The highest BCUT2D eigenvalue weighted by Gasteiger charge is 2.56. The molecule has 0 amide bonds. The second kappa shape index (κ2) is 9.77. The number of imidazole rings is 1. The van der Waals surface area contributed by atoms with E-state index in [0.717, 1.165) is 0 Å². The monoisotopic (exact) mass is 551 g/mol. The van der Waals surface area contributed by atoms with Crippen LogP contribution in [0.3, 0.4) is 0 Å². The number of aliphatic hydroxyl groups is 2. The van der Waals surface area contributed by atoms with Crippen LogP contribution in [0, 0.1) is 0 Å². The van der Waals surface area contributed by atoms with Crippen LogP contribution in [0.15, 0.2) is 30.6 Å². The topological polar surface area (TPSA) is 240 Å². The Labute approximate surface area is 218 Å². The summed E-state index contributed by atoms with van der Waals surface area (Å²) in [7, 11) is 0. The van der Waals surface area contributed by atoms with Crippen molar-refractivity contribution in [2.75, 3.05) is 12.3 Å². The number of aromatic carboxylic acids is 1. The minimum Gasteiger partial charge on any atom is -0.479 e. The number of carboxylic acid groups (broad SMARTS) is 3. The van der Waals surface area contributed by atoms with Gasteiger partial charge in [-0.2, -0.15) is 9.97 Å². The summed E-state index contributed by atoms with van der Waals surface area (Å²) in [6.07, 6.45) is -3.86. The van der Waals surface area contributed by atoms with Gasteiger partial charge >= 0.3 is 17.9 Å². The second-order valence-corrected chi connectivity index (χ2v) is 9.16. The number of aliphatic hydroxyl groups excluding tert-OH is 1. The molecular weight excluding hydrogens is 530 g/mol. The average molecular weight is 552 g/mol. The van der Waals surface area contributed by atoms with E-state index in [9.17, 15) is 34.8 Å². The third kappa shape index (κ3) is 4.61. The van der Waals surface area contributed by atoms with Crippen LogP contribution >= 0.6 is 11.6 Å². The summed E-state index contributed by atoms with van der Waals surface area (Å²) in [4.78, 5) is 47.2. The number of hydrogen-bond donors (Lipinski definition) is 6. The average Bonchev–Trinajstić information content (AvgIpc) is 3.35. The fourth-order valence-electron chi connectivity index (χ4n) is 4.15. The number of nitrogens with zero attached hydrogens (tertiary/aromatic N) is 4. The van der Waals surface area contributed by atoms with Crippen LogP contribution in [-0.4, -0.2) is 93.0 Å². The van der Waals surface area contributed by atoms with Gasteiger partial charge in [-0.1, -0.05) is 12.1 Å². The minimum absolute atomic E-state index is 0.0408. The maximum absolute atomic E-state index is 12.1. The molecule has 3 aromatic rings. The molecule has 0 unspecified atom stereocenters. The van der Waals surface area contributed by atoms with Crippen molar-refractivity contribution in [1.29, 1.82) is 0 Å². The SMILES string of the molecule is C[C@@]1(O)[C@H](O)[C@@H](COC(Cc2ccc(C(=O)O)cc2)(C(=O)O)C(=O)O)O[C@H]1n1cnc2c(N)nc(Cl)nc21. The number of aromatic nitrogens is 4. The zero-order valence-corrected chi connectivity index (χ0v) is 20.3. The molecule has 0 bridgehead atoms. The third-order valence-electron chi connectivity index (χ3n) is 6.27. The Bertz CT molecular complexity index is 1400. The van der Waals surface area contributed by atoms with Crippen LogP contribution < -0.4 is 5.73 Å². The van der Waals surface area contributed by atoms with Crippen molar-refractivity contribution in [2.24, 2.45) is 0 Å². The van der Waals surface area contributed by atoms with Crippen molar-refractivity contribution in [1.82, 2.24) is 19.5 Å². The first kappa shape index (κ1) is 27.2. The van der Waals surface area contributed by atoms with Gasteiger partial charge in [-0.05, 0) is 36.2 Å². The predicted molar refractivity (Wildman–Crippen MR) is 126 cm³/mol. The third-order valence-corrected chi connectivity index (χ3v) is 6.44. The maximum atomic E-state index is 12.1. The van der Waals surface area contributed by atoms with Gasteiger partial charge in [0, 0.05) is 6.42 Å². The number of halogens is 1. The van der Waals surface area contributed by atoms with E-state index >= 15 is 0 Å². The summed E-state index contributed by atoms with van der Waals surface area (Å²) in [6, 6.07) is 4.90. The number of hydrogen-bond acceptors (Lipinski definition) is 11. The molecule has 1 fully saturated rings. The molecule has 0 saturated carbocycles. The summed E-state index contributed by atoms with van der Waals surface area (Å²) in [5.41, 5.74) is 1.28. The number of benzene rings is 1. The van der Waals surface area contributed by atoms with Gasteiger partial charge in [-0.25, -0.2) is 19.4 Å². The smallest absolute Gasteiger partial charge is 0.348 e. The Kier molecular flexibility index (Phi) is 6.98. The molecule has 0 spiro atoms. The summed E-state index contributed by atoms with van der Waals surface area (Å²) in [5, 5.41) is 50.3. The van der Waals surface area contributed by atoms with Gasteiger partial charge in [0.2, 0.25) is 5.28 Å². The Balaban J connectivity index is 1.60. The summed E-state index contributed by atoms with van der Waals surface area (Å²) in [5.74, 6) is -4.94. The molecule has 202 valence electrons. The zero-order valence-electron chi connectivity index (χ0n) is 19.6. The van der Waals surface area contributed by atoms with Gasteiger partial charge in [0.1, 0.15) is 23.3 Å². The maximum Gasteiger partial charge on any atom is 0.348 e. The van der Waals surface area contributed by atoms with Crippen molar-refractivity contribution >= 4 is 46.5 Å². The molecule has 4 rings (SSSR count). The fraction of sp³-hybridized carbons (Fsp3) is 0.364. The van der Waals surface area contributed by atoms with E-state index in [0.29, 0.717) is 0 Å². The molecule has 16 heteroatoms. The number of rotatable bonds is 9. The summed E-state index contributed by atoms with van der Waals surface area (Å²) >= 11 is 5.88. The number of carboxylic acids is 3. The van der Waals surface area contributed by atoms with E-state index in [1.54, 1.807) is 0 Å². The molecule has 2 aromatic heterocycles. The van der Waals surface area contributed by atoms with Gasteiger partial charge < -0.3 is 40.7 Å². The quantitative estimate of drug-likeness (QED) is 0.151. The predicted octanol–water partition coefficient (Wildman–Crippen LogP) is -0.0633. The highest BCUT2D eigenvalue weighted by Crippen LogP contribution is 2.40. The van der Waals surface area contributed by atoms with Gasteiger partial charge in [0.15, 0.2) is 17.7 Å². The first-order valence-electron chi connectivity index (χ1n) is 10.9. The normalized spacial score (nSPS) is 23.5. The molecule has 1 saturated heterocycles. The zero-order chi connectivity index (χ0) is 28.0. The highest BCUT2D eigenvalue weighted by molar-refractivity contribution is 6.28. The number of fused-ring (bicyclic) bond motifs is 1. The lowest BCUT2D eigenvalue weighted by molar-refractivity contribution is -0.190. The first-order valence-corrected chi connectivity index (χ1v) is 11.3. The highest BCUT2D eigenvalue weighted by atomic mass is 35.5. The molecule has 38 heavy (non-hydrogen) atoms. The summed E-state index contributed by atoms with van der Waals surface area (Å²) in [6.45, 7) is 0.482. The molecule has 1 aromatic carbocycles. The van der Waals surface area contributed by atoms with Gasteiger partial charge in [0.25, 0.3) is 5.60 Å². The summed E-state index contributed by atoms with van der Waals surface area (Å²) < 4.78 is 12.4. The van der Waals surface area contributed by atoms with Crippen molar-refractivity contribution in [3.05, 3.63) is 47.0 Å². The van der Waals surface area contributed by atoms with Crippen LogP contribution in [0.25, 0.3) is 11.2 Å². The van der Waals surface area contributed by atoms with Crippen LogP contribution in [0.1, 0.15) is 29.1 Å². The number of nitrogen functional groups attached to an aromatic ring is 1. The largest absolute Gasteiger partial charge is 0.479 e. The van der Waals surface area contributed by atoms with Crippen molar-refractivity contribution in [2.45, 2.75) is 43.0 Å². The molecule has 4 atom stereocenters. The minimum atomic E-state index is -2.82. The second-order valence-electron chi connectivity index (χ2n) is 8.83. The van der Waals surface area contributed by atoms with E-state index in [2.05, 4.69) is 15.0 Å². The first-order chi connectivity index (χ1) is 17.8. The molecule has 3 heterocycles. The van der Waals surface area contributed by atoms with Crippen LogP contribution in [0.5, 0.6) is 0 Å². The van der Waals surface area contributed by atoms with Gasteiger partial charge in [-0.3, -0.25) is 4.57 Å². The Morgan fingerprint density at radius 3 is 2.39 bits per heavy atom. The van der Waals surface area contributed by atoms with Crippen LogP contribution in [-0.2, 0) is 25.5 Å². The van der Waals surface area contributed by atoms with E-state index < -0.39 is 60.6 Å². The number of nitrogens with two attached hydrogens (primary N) is 1. The number of anilines is 1. The molecule has 0 aliphatic carbocycles. The lowest BCUT2D eigenvalue weighted by Gasteiger charge is -2.28. The Morgan fingerprint density at radius 1 is 1.18 bits per heavy atom. The lowest BCUT2D eigenvalue weighted by atomic mass is 9.93. The van der Waals surface area contributed by atoms with Crippen LogP contribution in [0.4, 0.5) is 5.82 Å². The molecule has 0 radical (unpaired) electrons. The standard InChI is InChI=1S/C22H22ClN5O10/c1-21(36)13(29)11(38-17(21)28-8-25-12-14(24)26-20(23)27-15(12)28)7-37-22(18(32)33,19(34)35)6-9-2-4-10(5-3-9)16(30)31/h2-5,8,11,13,17,29,36H,6-7H2,1H3,(H,30,31)(H,32,33)(H,34,35)(H2,24,26,27)/t11-,13-,17-,21-/m1/s1. The molecule has 1 aliphatic heterocycles. The van der Waals surface area contributed by atoms with Gasteiger partial charge in [0.05, 0.1) is 18.5 Å². The van der Waals surface area contributed by atoms with Crippen molar-refractivity contribution in [3.63, 3.8) is 0 Å². The van der Waals surface area contributed by atoms with E-state index in [1.165, 1.54) is 42.1 Å². The number of carbonyl (C=O) groups is 3. The Morgan fingerprint density at radius 2 is 1.82 bits per heavy atom. The number of ether oxygens (including phenoxy) is 2. The molecule has 1 aliphatic rings. The molecule has 15 nitrogen and oxygen atoms in total. The number of aliphatic carboxylic acids is 2. The van der Waals surface area contributed by atoms with E-state index in [1.807, 2.05) is 0 Å².